The standard InChI is InChI=1S/C26H26F3N5O3.C4H6O6/c1-12-10-34(11-17(30)25(12)36)24-13-5-8-20(35)22(13)31-9-19(24)33-26(37)18-7-6-16(29)23(32-18)21-14(27)3-2-4-15(21)28;5-1(3(7)8)2(6)4(9)10/h2-4,6-7,9,12,17,20,25,35-36H,5,8,10-11,30H2,1H3,(H,33,37);1-2,5-6H,(H,7,8)(H,9,10)/t12-,17+,20+,25+;1-,2-/m00/s1. The lowest BCUT2D eigenvalue weighted by atomic mass is 9.92. The van der Waals surface area contributed by atoms with E-state index in [2.05, 4.69) is 15.3 Å². The summed E-state index contributed by atoms with van der Waals surface area (Å²) >= 11 is 0. The number of anilines is 2. The highest BCUT2D eigenvalue weighted by atomic mass is 19.1. The SMILES string of the molecule is C[C@H]1CN(c2c(NC(=O)c3ccc(F)c(-c4c(F)cccc4F)n3)cnc3c2CC[C@H]3O)C[C@@H](N)[C@@H]1O.O=C(O)[C@@H](O)[C@H](O)C(=O)O. The number of aliphatic carboxylic acids is 2. The van der Waals surface area contributed by atoms with Crippen LogP contribution in [-0.2, 0) is 16.0 Å². The lowest BCUT2D eigenvalue weighted by Gasteiger charge is -2.41. The Morgan fingerprint density at radius 2 is 1.60 bits per heavy atom. The molecule has 2 aliphatic rings. The molecule has 14 nitrogen and oxygen atoms in total. The summed E-state index contributed by atoms with van der Waals surface area (Å²) in [6, 6.07) is 4.61. The first kappa shape index (κ1) is 35.2. The van der Waals surface area contributed by atoms with Gasteiger partial charge in [0.1, 0.15) is 28.8 Å². The Bertz CT molecular complexity index is 1630. The van der Waals surface area contributed by atoms with Gasteiger partial charge in [0.2, 0.25) is 0 Å². The van der Waals surface area contributed by atoms with E-state index in [0.717, 1.165) is 35.9 Å². The van der Waals surface area contributed by atoms with E-state index < -0.39 is 77.0 Å². The van der Waals surface area contributed by atoms with Crippen LogP contribution in [0.3, 0.4) is 0 Å². The Morgan fingerprint density at radius 1 is 0.979 bits per heavy atom. The van der Waals surface area contributed by atoms with E-state index in [0.29, 0.717) is 43.0 Å². The van der Waals surface area contributed by atoms with Crippen LogP contribution in [0.4, 0.5) is 24.5 Å². The fraction of sp³-hybridized carbons (Fsp3) is 0.367. The number of aliphatic hydroxyl groups excluding tert-OH is 4. The van der Waals surface area contributed by atoms with E-state index in [4.69, 9.17) is 26.2 Å². The third-order valence-electron chi connectivity index (χ3n) is 7.78. The van der Waals surface area contributed by atoms with E-state index in [-0.39, 0.29) is 11.6 Å². The number of benzene rings is 1. The molecule has 5 rings (SSSR count). The molecule has 0 spiro atoms. The zero-order valence-electron chi connectivity index (χ0n) is 24.7. The van der Waals surface area contributed by atoms with Crippen LogP contribution >= 0.6 is 0 Å². The summed E-state index contributed by atoms with van der Waals surface area (Å²) in [5.74, 6) is -7.43. The number of carboxylic acids is 2. The molecule has 252 valence electrons. The number of fused-ring (bicyclic) bond motifs is 1. The predicted octanol–water partition coefficient (Wildman–Crippen LogP) is 0.814. The van der Waals surface area contributed by atoms with Gasteiger partial charge < -0.3 is 46.6 Å². The van der Waals surface area contributed by atoms with Crippen LogP contribution in [0.5, 0.6) is 0 Å². The number of nitrogens with two attached hydrogens (primary N) is 1. The first-order chi connectivity index (χ1) is 22.1. The molecule has 0 bridgehead atoms. The molecule has 1 aromatic carbocycles. The zero-order valence-corrected chi connectivity index (χ0v) is 24.7. The van der Waals surface area contributed by atoms with Crippen molar-refractivity contribution >= 4 is 29.2 Å². The van der Waals surface area contributed by atoms with Crippen molar-refractivity contribution < 1.29 is 58.2 Å². The van der Waals surface area contributed by atoms with Crippen LogP contribution in [-0.4, -0.2) is 95.9 Å². The summed E-state index contributed by atoms with van der Waals surface area (Å²) in [7, 11) is 0. The molecule has 0 unspecified atom stereocenters. The second-order valence-electron chi connectivity index (χ2n) is 11.1. The van der Waals surface area contributed by atoms with Crippen molar-refractivity contribution in [3.63, 3.8) is 0 Å². The lowest BCUT2D eigenvalue weighted by molar-refractivity contribution is -0.165. The third kappa shape index (κ3) is 7.50. The molecule has 0 radical (unpaired) electrons. The normalized spacial score (nSPS) is 21.6. The first-order valence-corrected chi connectivity index (χ1v) is 14.2. The number of pyridine rings is 2. The Morgan fingerprint density at radius 3 is 2.17 bits per heavy atom. The van der Waals surface area contributed by atoms with Gasteiger partial charge in [0.15, 0.2) is 12.2 Å². The fourth-order valence-electron chi connectivity index (χ4n) is 5.38. The first-order valence-electron chi connectivity index (χ1n) is 14.2. The van der Waals surface area contributed by atoms with Gasteiger partial charge in [-0.3, -0.25) is 9.78 Å². The molecule has 1 saturated heterocycles. The Balaban J connectivity index is 0.000000434. The van der Waals surface area contributed by atoms with Gasteiger partial charge in [-0.15, -0.1) is 0 Å². The average molecular weight is 664 g/mol. The Labute approximate surface area is 264 Å². The van der Waals surface area contributed by atoms with Crippen molar-refractivity contribution in [2.24, 2.45) is 11.7 Å². The zero-order chi connectivity index (χ0) is 34.7. The fourth-order valence-corrected chi connectivity index (χ4v) is 5.38. The molecule has 3 heterocycles. The summed E-state index contributed by atoms with van der Waals surface area (Å²) in [5, 5.41) is 56.0. The summed E-state index contributed by atoms with van der Waals surface area (Å²) < 4.78 is 43.1. The number of carbonyl (C=O) groups is 3. The van der Waals surface area contributed by atoms with Gasteiger partial charge >= 0.3 is 11.9 Å². The van der Waals surface area contributed by atoms with Gasteiger partial charge in [0, 0.05) is 30.6 Å². The van der Waals surface area contributed by atoms with E-state index in [1.165, 1.54) is 6.20 Å². The van der Waals surface area contributed by atoms with Crippen LogP contribution in [0.25, 0.3) is 11.3 Å². The molecule has 2 aromatic heterocycles. The number of carbonyl (C=O) groups excluding carboxylic acids is 1. The van der Waals surface area contributed by atoms with E-state index >= 15 is 0 Å². The molecule has 17 heteroatoms. The second kappa shape index (κ2) is 14.4. The summed E-state index contributed by atoms with van der Waals surface area (Å²) in [6.45, 7) is 2.64. The highest BCUT2D eigenvalue weighted by Crippen LogP contribution is 2.41. The molecule has 9 N–H and O–H groups in total. The van der Waals surface area contributed by atoms with Gasteiger partial charge in [-0.1, -0.05) is 13.0 Å². The number of aliphatic hydroxyl groups is 4. The highest BCUT2D eigenvalue weighted by molar-refractivity contribution is 6.05. The van der Waals surface area contributed by atoms with Crippen LogP contribution < -0.4 is 16.0 Å². The third-order valence-corrected chi connectivity index (χ3v) is 7.78. The second-order valence-corrected chi connectivity index (χ2v) is 11.1. The van der Waals surface area contributed by atoms with Crippen molar-refractivity contribution in [2.75, 3.05) is 23.3 Å². The van der Waals surface area contributed by atoms with Crippen molar-refractivity contribution in [1.29, 1.82) is 0 Å². The predicted molar refractivity (Wildman–Crippen MR) is 158 cm³/mol. The number of halogens is 3. The van der Waals surface area contributed by atoms with Crippen LogP contribution in [0, 0.1) is 23.4 Å². The number of hydrogen-bond donors (Lipinski definition) is 8. The number of carboxylic acid groups (broad SMARTS) is 2. The minimum absolute atomic E-state index is 0.153. The van der Waals surface area contributed by atoms with Gasteiger partial charge in [0.05, 0.1) is 41.0 Å². The maximum atomic E-state index is 14.5. The largest absolute Gasteiger partial charge is 0.479 e. The summed E-state index contributed by atoms with van der Waals surface area (Å²) in [5.41, 5.74) is 6.85. The summed E-state index contributed by atoms with van der Waals surface area (Å²) in [4.78, 5) is 43.0. The van der Waals surface area contributed by atoms with Crippen LogP contribution in [0.15, 0.2) is 36.5 Å². The molecular weight excluding hydrogens is 631 g/mol. The van der Waals surface area contributed by atoms with Crippen molar-refractivity contribution in [3.8, 4) is 11.3 Å². The number of nitrogens with one attached hydrogen (secondary N) is 1. The maximum Gasteiger partial charge on any atom is 0.335 e. The number of piperidine rings is 1. The van der Waals surface area contributed by atoms with Crippen molar-refractivity contribution in [3.05, 3.63) is 70.9 Å². The topological polar surface area (TPSA) is 240 Å². The van der Waals surface area contributed by atoms with Crippen LogP contribution in [0.1, 0.15) is 41.2 Å². The molecule has 6 atom stereocenters. The maximum absolute atomic E-state index is 14.5. The molecule has 0 saturated carbocycles. The molecule has 1 aliphatic heterocycles. The smallest absolute Gasteiger partial charge is 0.335 e. The average Bonchev–Trinajstić information content (AvgIpc) is 3.39. The summed E-state index contributed by atoms with van der Waals surface area (Å²) in [6.07, 6.45) is -3.54. The van der Waals surface area contributed by atoms with E-state index in [1.807, 2.05) is 11.8 Å². The number of nitrogens with zero attached hydrogens (tertiary/aromatic N) is 3. The Kier molecular flexibility index (Phi) is 10.8. The Hall–Kier alpha value is -4.68. The van der Waals surface area contributed by atoms with Gasteiger partial charge in [0.25, 0.3) is 5.91 Å². The highest BCUT2D eigenvalue weighted by Gasteiger charge is 2.36. The van der Waals surface area contributed by atoms with E-state index in [9.17, 15) is 37.8 Å². The number of aromatic nitrogens is 2. The number of hydrogen-bond acceptors (Lipinski definition) is 11. The molecule has 1 aliphatic carbocycles. The quantitative estimate of drug-likeness (QED) is 0.175. The van der Waals surface area contributed by atoms with Gasteiger partial charge in [-0.25, -0.2) is 27.7 Å². The molecule has 47 heavy (non-hydrogen) atoms. The lowest BCUT2D eigenvalue weighted by Crippen LogP contribution is -2.56. The molecule has 1 amide bonds. The number of rotatable bonds is 7. The monoisotopic (exact) mass is 663 g/mol. The van der Waals surface area contributed by atoms with E-state index in [1.54, 1.807) is 0 Å². The van der Waals surface area contributed by atoms with Gasteiger partial charge in [-0.05, 0) is 37.1 Å². The minimum atomic E-state index is -2.27. The van der Waals surface area contributed by atoms with Gasteiger partial charge in [-0.2, -0.15) is 0 Å². The van der Waals surface area contributed by atoms with Crippen LogP contribution in [0.2, 0.25) is 0 Å². The molecular formula is C30H32F3N5O9. The molecule has 1 fully saturated rings. The van der Waals surface area contributed by atoms with Crippen molar-refractivity contribution in [2.45, 2.75) is 50.2 Å². The van der Waals surface area contributed by atoms with Crippen molar-refractivity contribution in [1.82, 2.24) is 9.97 Å². The molecule has 3 aromatic rings. The minimum Gasteiger partial charge on any atom is -0.479 e. The number of amides is 1.